The molecule has 0 aliphatic carbocycles. The summed E-state index contributed by atoms with van der Waals surface area (Å²) in [6.45, 7) is 0.380. The van der Waals surface area contributed by atoms with Gasteiger partial charge >= 0.3 is 0 Å². The fraction of sp³-hybridized carbons (Fsp3) is 0.333. The smallest absolute Gasteiger partial charge is 0.294 e. The van der Waals surface area contributed by atoms with Crippen molar-refractivity contribution < 1.29 is 17.7 Å². The molecule has 0 heterocycles. The molecule has 0 fully saturated rings. The first-order chi connectivity index (χ1) is 6.99. The average Bonchev–Trinajstić information content (AvgIpc) is 2.17. The second-order valence-electron chi connectivity index (χ2n) is 2.99. The van der Waals surface area contributed by atoms with E-state index in [2.05, 4.69) is 0 Å². The predicted molar refractivity (Wildman–Crippen MR) is 55.6 cm³/mol. The van der Waals surface area contributed by atoms with Crippen molar-refractivity contribution in [3.05, 3.63) is 23.8 Å². The van der Waals surface area contributed by atoms with Gasteiger partial charge in [0.2, 0.25) is 0 Å². The average molecular weight is 231 g/mol. The molecule has 6 heteroatoms. The van der Waals surface area contributed by atoms with Gasteiger partial charge in [0.1, 0.15) is 5.75 Å². The Hall–Kier alpha value is -1.11. The lowest BCUT2D eigenvalue weighted by molar-refractivity contribution is 0.409. The lowest BCUT2D eigenvalue weighted by Gasteiger charge is -2.08. The number of hydrogen-bond donors (Lipinski definition) is 2. The van der Waals surface area contributed by atoms with Crippen LogP contribution >= 0.6 is 0 Å². The van der Waals surface area contributed by atoms with Crippen molar-refractivity contribution in [2.75, 3.05) is 13.7 Å². The summed E-state index contributed by atoms with van der Waals surface area (Å²) in [4.78, 5) is -0.147. The van der Waals surface area contributed by atoms with E-state index < -0.39 is 10.1 Å². The lowest BCUT2D eigenvalue weighted by Crippen LogP contribution is -2.06. The Morgan fingerprint density at radius 3 is 2.60 bits per heavy atom. The highest BCUT2D eigenvalue weighted by Gasteiger charge is 2.12. The number of hydrogen-bond acceptors (Lipinski definition) is 4. The van der Waals surface area contributed by atoms with Gasteiger partial charge in [-0.3, -0.25) is 4.55 Å². The quantitative estimate of drug-likeness (QED) is 0.734. The highest BCUT2D eigenvalue weighted by Crippen LogP contribution is 2.22. The van der Waals surface area contributed by atoms with Crippen LogP contribution in [0.25, 0.3) is 0 Å². The van der Waals surface area contributed by atoms with E-state index in [1.165, 1.54) is 25.3 Å². The Kier molecular flexibility index (Phi) is 3.67. The molecule has 0 radical (unpaired) electrons. The van der Waals surface area contributed by atoms with Crippen LogP contribution in [-0.2, 0) is 16.5 Å². The monoisotopic (exact) mass is 231 g/mol. The maximum atomic E-state index is 10.9. The number of nitrogens with two attached hydrogens (primary N) is 1. The van der Waals surface area contributed by atoms with Gasteiger partial charge in [-0.2, -0.15) is 8.42 Å². The van der Waals surface area contributed by atoms with Gasteiger partial charge in [-0.15, -0.1) is 0 Å². The van der Waals surface area contributed by atoms with Crippen molar-refractivity contribution in [3.8, 4) is 5.75 Å². The highest BCUT2D eigenvalue weighted by molar-refractivity contribution is 7.85. The van der Waals surface area contributed by atoms with Gasteiger partial charge in [-0.1, -0.05) is 0 Å². The Labute approximate surface area is 88.6 Å². The van der Waals surface area contributed by atoms with E-state index in [4.69, 9.17) is 15.0 Å². The molecule has 0 unspecified atom stereocenters. The van der Waals surface area contributed by atoms with Crippen molar-refractivity contribution in [2.24, 2.45) is 5.73 Å². The van der Waals surface area contributed by atoms with Crippen LogP contribution in [0.2, 0.25) is 0 Å². The summed E-state index contributed by atoms with van der Waals surface area (Å²) in [5.74, 6) is 0.563. The SMILES string of the molecule is COc1ccc(S(=O)(=O)O)cc1CCN. The van der Waals surface area contributed by atoms with Crippen molar-refractivity contribution in [3.63, 3.8) is 0 Å². The Balaban J connectivity index is 3.22. The molecule has 0 bridgehead atoms. The van der Waals surface area contributed by atoms with Crippen molar-refractivity contribution >= 4 is 10.1 Å². The maximum absolute atomic E-state index is 10.9. The normalized spacial score (nSPS) is 11.4. The minimum atomic E-state index is -4.16. The molecule has 0 aliphatic rings. The van der Waals surface area contributed by atoms with Crippen LogP contribution in [0, 0.1) is 0 Å². The van der Waals surface area contributed by atoms with Gasteiger partial charge in [0.05, 0.1) is 12.0 Å². The summed E-state index contributed by atoms with van der Waals surface area (Å²) < 4.78 is 35.6. The molecule has 0 aliphatic heterocycles. The predicted octanol–water partition coefficient (Wildman–Crippen LogP) is 0.443. The van der Waals surface area contributed by atoms with Gasteiger partial charge in [-0.25, -0.2) is 0 Å². The molecule has 0 spiro atoms. The van der Waals surface area contributed by atoms with Crippen LogP contribution < -0.4 is 10.5 Å². The van der Waals surface area contributed by atoms with Crippen LogP contribution in [0.15, 0.2) is 23.1 Å². The molecule has 0 atom stereocenters. The molecule has 0 amide bonds. The minimum Gasteiger partial charge on any atom is -0.496 e. The third-order valence-corrected chi connectivity index (χ3v) is 2.81. The number of ether oxygens (including phenoxy) is 1. The molecule has 84 valence electrons. The van der Waals surface area contributed by atoms with E-state index in [1.54, 1.807) is 0 Å². The second-order valence-corrected chi connectivity index (χ2v) is 4.41. The van der Waals surface area contributed by atoms with Crippen LogP contribution in [0.3, 0.4) is 0 Å². The van der Waals surface area contributed by atoms with Crippen LogP contribution in [0.5, 0.6) is 5.75 Å². The molecule has 0 aromatic heterocycles. The third kappa shape index (κ3) is 2.92. The molecular weight excluding hydrogens is 218 g/mol. The summed E-state index contributed by atoms with van der Waals surface area (Å²) >= 11 is 0. The Morgan fingerprint density at radius 1 is 1.47 bits per heavy atom. The van der Waals surface area contributed by atoms with Gasteiger partial charge in [0.15, 0.2) is 0 Å². The summed E-state index contributed by atoms with van der Waals surface area (Å²) in [6.07, 6.45) is 0.493. The van der Waals surface area contributed by atoms with Gasteiger partial charge < -0.3 is 10.5 Å². The molecule has 0 saturated heterocycles. The first kappa shape index (κ1) is 12.0. The summed E-state index contributed by atoms with van der Waals surface area (Å²) in [7, 11) is -2.68. The summed E-state index contributed by atoms with van der Waals surface area (Å²) in [5, 5.41) is 0. The van der Waals surface area contributed by atoms with E-state index in [9.17, 15) is 8.42 Å². The molecule has 5 nitrogen and oxygen atoms in total. The first-order valence-electron chi connectivity index (χ1n) is 4.33. The van der Waals surface area contributed by atoms with Crippen molar-refractivity contribution in [1.29, 1.82) is 0 Å². The van der Waals surface area contributed by atoms with Crippen LogP contribution in [-0.4, -0.2) is 26.6 Å². The maximum Gasteiger partial charge on any atom is 0.294 e. The molecule has 3 N–H and O–H groups in total. The lowest BCUT2D eigenvalue weighted by atomic mass is 10.1. The van der Waals surface area contributed by atoms with Gasteiger partial charge in [0.25, 0.3) is 10.1 Å². The molecule has 15 heavy (non-hydrogen) atoms. The summed E-state index contributed by atoms with van der Waals surface area (Å²) in [6, 6.07) is 4.14. The number of benzene rings is 1. The van der Waals surface area contributed by atoms with E-state index in [0.717, 1.165) is 0 Å². The zero-order valence-corrected chi connectivity index (χ0v) is 9.12. The second kappa shape index (κ2) is 4.61. The molecule has 1 aromatic carbocycles. The van der Waals surface area contributed by atoms with Crippen LogP contribution in [0.4, 0.5) is 0 Å². The number of rotatable bonds is 4. The largest absolute Gasteiger partial charge is 0.496 e. The molecule has 1 aromatic rings. The standard InChI is InChI=1S/C9H13NO4S/c1-14-9-3-2-8(15(11,12)13)6-7(9)4-5-10/h2-3,6H,4-5,10H2,1H3,(H,11,12,13). The fourth-order valence-electron chi connectivity index (χ4n) is 1.27. The van der Waals surface area contributed by atoms with E-state index in [1.807, 2.05) is 0 Å². The van der Waals surface area contributed by atoms with Crippen LogP contribution in [0.1, 0.15) is 5.56 Å². The molecule has 1 rings (SSSR count). The highest BCUT2D eigenvalue weighted by atomic mass is 32.2. The van der Waals surface area contributed by atoms with E-state index in [-0.39, 0.29) is 4.90 Å². The zero-order valence-electron chi connectivity index (χ0n) is 8.30. The van der Waals surface area contributed by atoms with Crippen molar-refractivity contribution in [2.45, 2.75) is 11.3 Å². The molecular formula is C9H13NO4S. The van der Waals surface area contributed by atoms with E-state index >= 15 is 0 Å². The Bertz CT molecular complexity index is 441. The Morgan fingerprint density at radius 2 is 2.13 bits per heavy atom. The number of methoxy groups -OCH3 is 1. The first-order valence-corrected chi connectivity index (χ1v) is 5.77. The summed E-state index contributed by atoms with van der Waals surface area (Å²) in [5.41, 5.74) is 6.04. The van der Waals surface area contributed by atoms with Crippen molar-refractivity contribution in [1.82, 2.24) is 0 Å². The third-order valence-electron chi connectivity index (χ3n) is 1.96. The zero-order chi connectivity index (χ0) is 11.5. The molecule has 0 saturated carbocycles. The van der Waals surface area contributed by atoms with Gasteiger partial charge in [-0.05, 0) is 36.7 Å². The van der Waals surface area contributed by atoms with Gasteiger partial charge in [0, 0.05) is 0 Å². The minimum absolute atomic E-state index is 0.147. The fourth-order valence-corrected chi connectivity index (χ4v) is 1.80. The van der Waals surface area contributed by atoms with E-state index in [0.29, 0.717) is 24.3 Å². The topological polar surface area (TPSA) is 89.6 Å².